The number of anilines is 2. The monoisotopic (exact) mass is 283 g/mol. The van der Waals surface area contributed by atoms with Gasteiger partial charge in [-0.15, -0.1) is 0 Å². The number of hydrogen-bond acceptors (Lipinski definition) is 3. The van der Waals surface area contributed by atoms with Crippen LogP contribution < -0.4 is 10.2 Å². The van der Waals surface area contributed by atoms with Gasteiger partial charge in [-0.05, 0) is 49.2 Å². The molecule has 0 aliphatic rings. The van der Waals surface area contributed by atoms with Crippen molar-refractivity contribution in [3.63, 3.8) is 0 Å². The van der Waals surface area contributed by atoms with E-state index in [1.165, 1.54) is 11.3 Å². The molecular weight excluding hydrogens is 258 g/mol. The molecule has 0 saturated carbocycles. The molecule has 1 N–H and O–H groups in total. The Morgan fingerprint density at radius 2 is 1.90 bits per heavy atom. The molecule has 0 radical (unpaired) electrons. The van der Waals surface area contributed by atoms with E-state index in [1.807, 2.05) is 12.3 Å². The topological polar surface area (TPSA) is 28.2 Å². The summed E-state index contributed by atoms with van der Waals surface area (Å²) in [6, 6.07) is 12.7. The Morgan fingerprint density at radius 1 is 1.14 bits per heavy atom. The summed E-state index contributed by atoms with van der Waals surface area (Å²) in [7, 11) is 2.09. The lowest BCUT2D eigenvalue weighted by molar-refractivity contribution is 0.548. The molecule has 0 aliphatic carbocycles. The molecule has 112 valence electrons. The van der Waals surface area contributed by atoms with Gasteiger partial charge in [0.05, 0.1) is 5.69 Å². The fourth-order valence-corrected chi connectivity index (χ4v) is 2.25. The van der Waals surface area contributed by atoms with Gasteiger partial charge in [-0.1, -0.05) is 26.0 Å². The lowest BCUT2D eigenvalue weighted by Crippen LogP contribution is -2.20. The Morgan fingerprint density at radius 3 is 2.62 bits per heavy atom. The second-order valence-electron chi connectivity index (χ2n) is 5.93. The number of aromatic nitrogens is 1. The maximum absolute atomic E-state index is 4.44. The molecule has 1 heterocycles. The van der Waals surface area contributed by atoms with Gasteiger partial charge in [0.25, 0.3) is 0 Å². The van der Waals surface area contributed by atoms with Gasteiger partial charge in [-0.3, -0.25) is 4.98 Å². The van der Waals surface area contributed by atoms with Gasteiger partial charge >= 0.3 is 0 Å². The first-order valence-electron chi connectivity index (χ1n) is 7.52. The molecule has 1 aromatic carbocycles. The molecule has 0 atom stereocenters. The minimum Gasteiger partial charge on any atom is -0.345 e. The van der Waals surface area contributed by atoms with Crippen LogP contribution in [0.2, 0.25) is 0 Å². The first kappa shape index (κ1) is 15.5. The van der Waals surface area contributed by atoms with E-state index in [2.05, 4.69) is 73.4 Å². The van der Waals surface area contributed by atoms with Crippen LogP contribution in [-0.2, 0) is 6.54 Å². The Bertz CT molecular complexity index is 578. The van der Waals surface area contributed by atoms with Crippen molar-refractivity contribution >= 4 is 11.4 Å². The number of rotatable bonds is 6. The quantitative estimate of drug-likeness (QED) is 0.871. The first-order chi connectivity index (χ1) is 10.1. The second kappa shape index (κ2) is 7.23. The molecule has 0 amide bonds. The molecule has 0 saturated heterocycles. The third-order valence-corrected chi connectivity index (χ3v) is 3.44. The summed E-state index contributed by atoms with van der Waals surface area (Å²) in [5.41, 5.74) is 4.71. The predicted molar refractivity (Wildman–Crippen MR) is 90.0 cm³/mol. The summed E-state index contributed by atoms with van der Waals surface area (Å²) < 4.78 is 0. The van der Waals surface area contributed by atoms with E-state index < -0.39 is 0 Å². The number of nitrogens with one attached hydrogen (secondary N) is 1. The molecule has 1 aromatic heterocycles. The lowest BCUT2D eigenvalue weighted by Gasteiger charge is -2.20. The highest BCUT2D eigenvalue weighted by atomic mass is 15.1. The third kappa shape index (κ3) is 4.57. The fourth-order valence-electron chi connectivity index (χ4n) is 2.25. The third-order valence-electron chi connectivity index (χ3n) is 3.44. The van der Waals surface area contributed by atoms with Crippen LogP contribution >= 0.6 is 0 Å². The number of benzene rings is 1. The lowest BCUT2D eigenvalue weighted by atomic mass is 10.2. The number of hydrogen-bond donors (Lipinski definition) is 1. The Labute approximate surface area is 128 Å². The predicted octanol–water partition coefficient (Wildman–Crippen LogP) is 3.90. The first-order valence-corrected chi connectivity index (χ1v) is 7.52. The zero-order valence-electron chi connectivity index (χ0n) is 13.4. The maximum Gasteiger partial charge on any atom is 0.0562 e. The molecule has 3 nitrogen and oxygen atoms in total. The van der Waals surface area contributed by atoms with Gasteiger partial charge in [-0.2, -0.15) is 0 Å². The van der Waals surface area contributed by atoms with Crippen LogP contribution in [0.25, 0.3) is 0 Å². The summed E-state index contributed by atoms with van der Waals surface area (Å²) in [5, 5.41) is 3.44. The van der Waals surface area contributed by atoms with Crippen molar-refractivity contribution in [2.24, 2.45) is 5.92 Å². The highest BCUT2D eigenvalue weighted by Gasteiger charge is 2.05. The van der Waals surface area contributed by atoms with Crippen molar-refractivity contribution in [2.45, 2.75) is 27.3 Å². The van der Waals surface area contributed by atoms with Gasteiger partial charge in [0, 0.05) is 31.2 Å². The van der Waals surface area contributed by atoms with Crippen molar-refractivity contribution < 1.29 is 0 Å². The van der Waals surface area contributed by atoms with E-state index in [0.29, 0.717) is 5.92 Å². The van der Waals surface area contributed by atoms with E-state index in [0.717, 1.165) is 24.5 Å². The molecule has 3 heteroatoms. The molecule has 2 rings (SSSR count). The van der Waals surface area contributed by atoms with Crippen molar-refractivity contribution in [1.29, 1.82) is 0 Å². The molecule has 0 unspecified atom stereocenters. The number of aryl methyl sites for hydroxylation is 1. The second-order valence-corrected chi connectivity index (χ2v) is 5.93. The average molecular weight is 283 g/mol. The minimum absolute atomic E-state index is 0.656. The summed E-state index contributed by atoms with van der Waals surface area (Å²) in [6.45, 7) is 8.36. The molecule has 21 heavy (non-hydrogen) atoms. The minimum atomic E-state index is 0.656. The number of pyridine rings is 1. The van der Waals surface area contributed by atoms with Crippen LogP contribution in [0.5, 0.6) is 0 Å². The summed E-state index contributed by atoms with van der Waals surface area (Å²) in [4.78, 5) is 6.64. The highest BCUT2D eigenvalue weighted by Crippen LogP contribution is 2.24. The molecule has 2 aromatic rings. The molecule has 0 bridgehead atoms. The van der Waals surface area contributed by atoms with Crippen LogP contribution in [0.15, 0.2) is 42.6 Å². The zero-order chi connectivity index (χ0) is 15.2. The molecule has 0 aliphatic heterocycles. The van der Waals surface area contributed by atoms with E-state index in [-0.39, 0.29) is 0 Å². The highest BCUT2D eigenvalue weighted by molar-refractivity contribution is 5.62. The number of nitrogens with zero attached hydrogens (tertiary/aromatic N) is 2. The van der Waals surface area contributed by atoms with E-state index in [4.69, 9.17) is 0 Å². The van der Waals surface area contributed by atoms with Gasteiger partial charge in [0.1, 0.15) is 0 Å². The molecule has 0 spiro atoms. The fraction of sp³-hybridized carbons (Fsp3) is 0.389. The smallest absolute Gasteiger partial charge is 0.0562 e. The van der Waals surface area contributed by atoms with E-state index >= 15 is 0 Å². The molecule has 0 fully saturated rings. The van der Waals surface area contributed by atoms with E-state index in [9.17, 15) is 0 Å². The van der Waals surface area contributed by atoms with Gasteiger partial charge in [0.2, 0.25) is 0 Å². The van der Waals surface area contributed by atoms with Crippen LogP contribution in [0.3, 0.4) is 0 Å². The Hall–Kier alpha value is -1.87. The van der Waals surface area contributed by atoms with Crippen molar-refractivity contribution in [3.8, 4) is 0 Å². The van der Waals surface area contributed by atoms with Crippen molar-refractivity contribution in [2.75, 3.05) is 18.5 Å². The summed E-state index contributed by atoms with van der Waals surface area (Å²) in [5.74, 6) is 0.656. The normalized spacial score (nSPS) is 10.9. The summed E-state index contributed by atoms with van der Waals surface area (Å²) >= 11 is 0. The van der Waals surface area contributed by atoms with Crippen LogP contribution in [0, 0.1) is 12.8 Å². The largest absolute Gasteiger partial charge is 0.345 e. The Kier molecular flexibility index (Phi) is 5.34. The average Bonchev–Trinajstić information content (AvgIpc) is 2.46. The van der Waals surface area contributed by atoms with Crippen molar-refractivity contribution in [1.82, 2.24) is 10.3 Å². The summed E-state index contributed by atoms with van der Waals surface area (Å²) in [6.07, 6.45) is 1.88. The van der Waals surface area contributed by atoms with Crippen LogP contribution in [-0.4, -0.2) is 18.6 Å². The van der Waals surface area contributed by atoms with Crippen LogP contribution in [0.1, 0.15) is 25.1 Å². The van der Waals surface area contributed by atoms with Gasteiger partial charge < -0.3 is 10.2 Å². The zero-order valence-corrected chi connectivity index (χ0v) is 13.4. The van der Waals surface area contributed by atoms with Gasteiger partial charge in [0.15, 0.2) is 0 Å². The standard InChI is InChI=1S/C18H25N3/c1-14(2)12-19-13-16-11-18(8-9-20-16)21(4)17-7-5-6-15(3)10-17/h5-11,14,19H,12-13H2,1-4H3. The van der Waals surface area contributed by atoms with Gasteiger partial charge in [-0.25, -0.2) is 0 Å². The van der Waals surface area contributed by atoms with Crippen molar-refractivity contribution in [3.05, 3.63) is 53.9 Å². The van der Waals surface area contributed by atoms with E-state index in [1.54, 1.807) is 0 Å². The Balaban J connectivity index is 2.09. The molecular formula is C18H25N3. The maximum atomic E-state index is 4.44. The SMILES string of the molecule is Cc1cccc(N(C)c2ccnc(CNCC(C)C)c2)c1. The van der Waals surface area contributed by atoms with Crippen LogP contribution in [0.4, 0.5) is 11.4 Å².